The molecule has 142 valence electrons. The molecule has 1 aliphatic carbocycles. The van der Waals surface area contributed by atoms with Crippen molar-refractivity contribution in [2.75, 3.05) is 20.6 Å². The van der Waals surface area contributed by atoms with E-state index in [2.05, 4.69) is 43.3 Å². The number of likely N-dealkylation sites (N-methyl/N-ethyl adjacent to an activating group) is 1. The summed E-state index contributed by atoms with van der Waals surface area (Å²) in [5, 5.41) is 6.99. The van der Waals surface area contributed by atoms with Crippen molar-refractivity contribution >= 4 is 35.8 Å². The van der Waals surface area contributed by atoms with Gasteiger partial charge in [0.2, 0.25) is 5.91 Å². The van der Waals surface area contributed by atoms with E-state index in [1.54, 1.807) is 19.0 Å². The topological polar surface area (TPSA) is 56.7 Å². The van der Waals surface area contributed by atoms with Crippen molar-refractivity contribution in [1.29, 1.82) is 0 Å². The summed E-state index contributed by atoms with van der Waals surface area (Å²) < 4.78 is 0. The van der Waals surface area contributed by atoms with Crippen LogP contribution in [0.4, 0.5) is 0 Å². The van der Waals surface area contributed by atoms with Crippen LogP contribution in [0.5, 0.6) is 0 Å². The minimum atomic E-state index is 0. The van der Waals surface area contributed by atoms with E-state index < -0.39 is 0 Å². The Labute approximate surface area is 165 Å². The van der Waals surface area contributed by atoms with E-state index in [0.717, 1.165) is 18.8 Å². The second-order valence-corrected chi connectivity index (χ2v) is 8.22. The normalized spacial score (nSPS) is 17.2. The van der Waals surface area contributed by atoms with Gasteiger partial charge < -0.3 is 15.5 Å². The van der Waals surface area contributed by atoms with Crippen molar-refractivity contribution in [3.8, 4) is 0 Å². The average Bonchev–Trinajstić information content (AvgIpc) is 2.94. The summed E-state index contributed by atoms with van der Waals surface area (Å²) in [5.74, 6) is 0.813. The van der Waals surface area contributed by atoms with E-state index in [4.69, 9.17) is 0 Å². The van der Waals surface area contributed by atoms with Gasteiger partial charge in [0.05, 0.1) is 0 Å². The van der Waals surface area contributed by atoms with Crippen LogP contribution >= 0.6 is 24.0 Å². The lowest BCUT2D eigenvalue weighted by atomic mass is 9.89. The molecule has 1 atom stereocenters. The Morgan fingerprint density at radius 3 is 2.33 bits per heavy atom. The van der Waals surface area contributed by atoms with Crippen molar-refractivity contribution in [2.45, 2.75) is 78.3 Å². The Morgan fingerprint density at radius 1 is 1.25 bits per heavy atom. The maximum Gasteiger partial charge on any atom is 0.243 e. The highest BCUT2D eigenvalue weighted by Crippen LogP contribution is 2.21. The van der Waals surface area contributed by atoms with Gasteiger partial charge >= 0.3 is 0 Å². The third kappa shape index (κ3) is 10.4. The second-order valence-electron chi connectivity index (χ2n) is 8.22. The standard InChI is InChI=1S/C18H36N4O.HI/c1-14(11-12-18(2,3)4)20-17(19-13-16(23)22(5)6)21-15-9-7-8-10-15;/h14-15H,7-13H2,1-6H3,(H2,19,20,21);1H. The van der Waals surface area contributed by atoms with Gasteiger partial charge in [0.15, 0.2) is 5.96 Å². The van der Waals surface area contributed by atoms with E-state index in [-0.39, 0.29) is 36.4 Å². The van der Waals surface area contributed by atoms with Gasteiger partial charge in [0.25, 0.3) is 0 Å². The minimum absolute atomic E-state index is 0. The first kappa shape index (κ1) is 23.5. The molecule has 0 aromatic carbocycles. The van der Waals surface area contributed by atoms with Gasteiger partial charge in [-0.1, -0.05) is 33.6 Å². The molecule has 0 saturated heterocycles. The smallest absolute Gasteiger partial charge is 0.243 e. The number of amides is 1. The Balaban J connectivity index is 0.00000529. The summed E-state index contributed by atoms with van der Waals surface area (Å²) in [6, 6.07) is 0.835. The Kier molecular flexibility index (Phi) is 10.9. The zero-order valence-electron chi connectivity index (χ0n) is 16.3. The van der Waals surface area contributed by atoms with Crippen molar-refractivity contribution in [3.05, 3.63) is 0 Å². The molecule has 0 heterocycles. The fourth-order valence-electron chi connectivity index (χ4n) is 2.64. The van der Waals surface area contributed by atoms with Crippen LogP contribution in [0.2, 0.25) is 0 Å². The van der Waals surface area contributed by atoms with Crippen LogP contribution in [0.15, 0.2) is 4.99 Å². The number of carbonyl (C=O) groups excluding carboxylic acids is 1. The van der Waals surface area contributed by atoms with Crippen molar-refractivity contribution in [1.82, 2.24) is 15.5 Å². The lowest BCUT2D eigenvalue weighted by molar-refractivity contribution is -0.127. The predicted octanol–water partition coefficient (Wildman–Crippen LogP) is 3.39. The van der Waals surface area contributed by atoms with Crippen LogP contribution in [-0.4, -0.2) is 49.5 Å². The number of halogens is 1. The van der Waals surface area contributed by atoms with E-state index in [0.29, 0.717) is 17.5 Å². The first-order valence-corrected chi connectivity index (χ1v) is 8.95. The molecule has 1 rings (SSSR count). The summed E-state index contributed by atoms with van der Waals surface area (Å²) in [6.45, 7) is 9.18. The molecule has 0 bridgehead atoms. The van der Waals surface area contributed by atoms with Crippen LogP contribution < -0.4 is 10.6 Å². The van der Waals surface area contributed by atoms with Gasteiger partial charge in [-0.15, -0.1) is 24.0 Å². The molecule has 0 spiro atoms. The van der Waals surface area contributed by atoms with Gasteiger partial charge in [-0.2, -0.15) is 0 Å². The zero-order chi connectivity index (χ0) is 17.5. The Bertz CT molecular complexity index is 398. The summed E-state index contributed by atoms with van der Waals surface area (Å²) in [5.41, 5.74) is 0.340. The van der Waals surface area contributed by atoms with Crippen LogP contribution in [-0.2, 0) is 4.79 Å². The summed E-state index contributed by atoms with van der Waals surface area (Å²) in [7, 11) is 3.53. The number of nitrogens with one attached hydrogen (secondary N) is 2. The first-order valence-electron chi connectivity index (χ1n) is 8.95. The number of carbonyl (C=O) groups is 1. The van der Waals surface area contributed by atoms with Crippen molar-refractivity contribution in [3.63, 3.8) is 0 Å². The molecule has 1 saturated carbocycles. The van der Waals surface area contributed by atoms with Gasteiger partial charge in [0, 0.05) is 26.2 Å². The highest BCUT2D eigenvalue weighted by Gasteiger charge is 2.18. The van der Waals surface area contributed by atoms with Crippen LogP contribution in [0.25, 0.3) is 0 Å². The molecular formula is C18H37IN4O. The number of aliphatic imine (C=N–C) groups is 1. The molecule has 1 amide bonds. The molecule has 1 unspecified atom stereocenters. The quantitative estimate of drug-likeness (QED) is 0.369. The van der Waals surface area contributed by atoms with E-state index in [9.17, 15) is 4.79 Å². The molecule has 0 radical (unpaired) electrons. The van der Waals surface area contributed by atoms with Crippen molar-refractivity contribution in [2.24, 2.45) is 10.4 Å². The third-order valence-electron chi connectivity index (χ3n) is 4.28. The van der Waals surface area contributed by atoms with Crippen LogP contribution in [0.1, 0.15) is 66.2 Å². The Morgan fingerprint density at radius 2 is 1.83 bits per heavy atom. The number of nitrogens with zero attached hydrogens (tertiary/aromatic N) is 2. The van der Waals surface area contributed by atoms with E-state index in [1.165, 1.54) is 25.7 Å². The molecule has 6 heteroatoms. The molecule has 0 aromatic rings. The second kappa shape index (κ2) is 11.2. The van der Waals surface area contributed by atoms with Crippen molar-refractivity contribution < 1.29 is 4.79 Å². The molecule has 1 fully saturated rings. The van der Waals surface area contributed by atoms with Gasteiger partial charge in [-0.3, -0.25) is 4.79 Å². The summed E-state index contributed by atoms with van der Waals surface area (Å²) >= 11 is 0. The first-order chi connectivity index (χ1) is 10.7. The highest BCUT2D eigenvalue weighted by molar-refractivity contribution is 14.0. The summed E-state index contributed by atoms with van der Waals surface area (Å²) in [4.78, 5) is 17.9. The predicted molar refractivity (Wildman–Crippen MR) is 113 cm³/mol. The third-order valence-corrected chi connectivity index (χ3v) is 4.28. The molecule has 2 N–H and O–H groups in total. The molecular weight excluding hydrogens is 415 g/mol. The Hall–Kier alpha value is -0.530. The maximum atomic E-state index is 11.8. The monoisotopic (exact) mass is 452 g/mol. The summed E-state index contributed by atoms with van der Waals surface area (Å²) in [6.07, 6.45) is 7.20. The lowest BCUT2D eigenvalue weighted by Gasteiger charge is -2.24. The number of hydrogen-bond acceptors (Lipinski definition) is 2. The van der Waals surface area contributed by atoms with Crippen LogP contribution in [0.3, 0.4) is 0 Å². The fraction of sp³-hybridized carbons (Fsp3) is 0.889. The maximum absolute atomic E-state index is 11.8. The zero-order valence-corrected chi connectivity index (χ0v) is 18.6. The molecule has 0 aliphatic heterocycles. The minimum Gasteiger partial charge on any atom is -0.354 e. The molecule has 1 aliphatic rings. The largest absolute Gasteiger partial charge is 0.354 e. The number of hydrogen-bond donors (Lipinski definition) is 2. The van der Waals surface area contributed by atoms with Gasteiger partial charge in [-0.25, -0.2) is 4.99 Å². The molecule has 24 heavy (non-hydrogen) atoms. The van der Waals surface area contributed by atoms with Gasteiger partial charge in [-0.05, 0) is 38.0 Å². The SMILES string of the molecule is CC(CCC(C)(C)C)NC(=NCC(=O)N(C)C)NC1CCCC1.I. The number of guanidine groups is 1. The average molecular weight is 452 g/mol. The fourth-order valence-corrected chi connectivity index (χ4v) is 2.64. The van der Waals surface area contributed by atoms with Crippen LogP contribution in [0, 0.1) is 5.41 Å². The molecule has 0 aromatic heterocycles. The number of rotatable bonds is 6. The highest BCUT2D eigenvalue weighted by atomic mass is 127. The van der Waals surface area contributed by atoms with E-state index >= 15 is 0 Å². The molecule has 5 nitrogen and oxygen atoms in total. The van der Waals surface area contributed by atoms with E-state index in [1.807, 2.05) is 0 Å². The lowest BCUT2D eigenvalue weighted by Crippen LogP contribution is -2.46. The van der Waals surface area contributed by atoms with Gasteiger partial charge in [0.1, 0.15) is 6.54 Å².